The maximum Gasteiger partial charge on any atom is 0.124 e. The van der Waals surface area contributed by atoms with Crippen molar-refractivity contribution in [2.24, 2.45) is 0 Å². The number of aromatic nitrogens is 1. The predicted molar refractivity (Wildman–Crippen MR) is 83.5 cm³/mol. The standard InChI is InChI=1S/C15H18N2OS2/c1-10-4-5-14(20-10)12-9-19-15(16-12)13-7-17-6-2-3-11(17)8-18-13/h4-5,9,11,13H,2-3,6-8H2,1H3/t11-,13-/m0/s1. The van der Waals surface area contributed by atoms with Crippen molar-refractivity contribution in [2.75, 3.05) is 19.7 Å². The lowest BCUT2D eigenvalue weighted by atomic mass is 10.2. The molecule has 0 saturated carbocycles. The van der Waals surface area contributed by atoms with Crippen LogP contribution in [0.3, 0.4) is 0 Å². The monoisotopic (exact) mass is 306 g/mol. The first-order valence-corrected chi connectivity index (χ1v) is 8.87. The van der Waals surface area contributed by atoms with Crippen LogP contribution in [0, 0.1) is 6.92 Å². The van der Waals surface area contributed by atoms with Crippen LogP contribution >= 0.6 is 22.7 Å². The number of fused-ring (bicyclic) bond motifs is 1. The summed E-state index contributed by atoms with van der Waals surface area (Å²) in [5.41, 5.74) is 1.11. The van der Waals surface area contributed by atoms with E-state index in [-0.39, 0.29) is 6.10 Å². The average Bonchev–Trinajstić information content (AvgIpc) is 3.17. The molecule has 2 fully saturated rings. The molecule has 4 rings (SSSR count). The van der Waals surface area contributed by atoms with Gasteiger partial charge in [0.25, 0.3) is 0 Å². The Balaban J connectivity index is 1.53. The van der Waals surface area contributed by atoms with Crippen LogP contribution < -0.4 is 0 Å². The van der Waals surface area contributed by atoms with Crippen LogP contribution in [-0.2, 0) is 4.74 Å². The Morgan fingerprint density at radius 3 is 3.20 bits per heavy atom. The molecule has 2 aromatic heterocycles. The maximum absolute atomic E-state index is 6.04. The molecule has 0 radical (unpaired) electrons. The van der Waals surface area contributed by atoms with Gasteiger partial charge in [0.05, 0.1) is 17.2 Å². The third kappa shape index (κ3) is 2.33. The fourth-order valence-corrected chi connectivity index (χ4v) is 4.85. The number of hydrogen-bond acceptors (Lipinski definition) is 5. The van der Waals surface area contributed by atoms with Crippen LogP contribution in [0.4, 0.5) is 0 Å². The zero-order valence-electron chi connectivity index (χ0n) is 11.5. The maximum atomic E-state index is 6.04. The Kier molecular flexibility index (Phi) is 3.38. The van der Waals surface area contributed by atoms with Gasteiger partial charge in [-0.05, 0) is 38.4 Å². The van der Waals surface area contributed by atoms with Crippen molar-refractivity contribution in [3.63, 3.8) is 0 Å². The Morgan fingerprint density at radius 1 is 1.40 bits per heavy atom. The molecule has 0 amide bonds. The Bertz CT molecular complexity index is 607. The van der Waals surface area contributed by atoms with Crippen molar-refractivity contribution in [3.05, 3.63) is 27.4 Å². The minimum atomic E-state index is 0.171. The highest BCUT2D eigenvalue weighted by Crippen LogP contribution is 2.34. The van der Waals surface area contributed by atoms with E-state index < -0.39 is 0 Å². The van der Waals surface area contributed by atoms with Gasteiger partial charge in [-0.2, -0.15) is 0 Å². The molecule has 2 aliphatic heterocycles. The van der Waals surface area contributed by atoms with Crippen LogP contribution in [0.1, 0.15) is 28.8 Å². The number of thiophene rings is 1. The fourth-order valence-electron chi connectivity index (χ4n) is 3.09. The van der Waals surface area contributed by atoms with Gasteiger partial charge in [0.15, 0.2) is 0 Å². The van der Waals surface area contributed by atoms with Gasteiger partial charge in [0, 0.05) is 22.8 Å². The minimum absolute atomic E-state index is 0.171. The number of morpholine rings is 1. The highest BCUT2D eigenvalue weighted by atomic mass is 32.1. The van der Waals surface area contributed by atoms with E-state index in [1.807, 2.05) is 11.3 Å². The fraction of sp³-hybridized carbons (Fsp3) is 0.533. The number of ether oxygens (including phenoxy) is 1. The van der Waals surface area contributed by atoms with E-state index in [0.717, 1.165) is 23.9 Å². The molecule has 2 atom stereocenters. The summed E-state index contributed by atoms with van der Waals surface area (Å²) < 4.78 is 6.04. The summed E-state index contributed by atoms with van der Waals surface area (Å²) in [6, 6.07) is 4.98. The van der Waals surface area contributed by atoms with Crippen molar-refractivity contribution >= 4 is 22.7 Å². The highest BCUT2D eigenvalue weighted by Gasteiger charge is 2.34. The second kappa shape index (κ2) is 5.22. The van der Waals surface area contributed by atoms with Gasteiger partial charge >= 0.3 is 0 Å². The average molecular weight is 306 g/mol. The van der Waals surface area contributed by atoms with Crippen LogP contribution in [0.5, 0.6) is 0 Å². The number of thiazole rings is 1. The summed E-state index contributed by atoms with van der Waals surface area (Å²) in [6.45, 7) is 5.25. The van der Waals surface area contributed by atoms with Crippen LogP contribution in [0.25, 0.3) is 10.6 Å². The number of aryl methyl sites for hydroxylation is 1. The van der Waals surface area contributed by atoms with Gasteiger partial charge in [0.2, 0.25) is 0 Å². The predicted octanol–water partition coefficient (Wildman–Crippen LogP) is 3.72. The van der Waals surface area contributed by atoms with Gasteiger partial charge in [-0.3, -0.25) is 4.90 Å². The first-order valence-electron chi connectivity index (χ1n) is 7.17. The van der Waals surface area contributed by atoms with Crippen molar-refractivity contribution < 1.29 is 4.74 Å². The van der Waals surface area contributed by atoms with Crippen LogP contribution in [0.2, 0.25) is 0 Å². The molecule has 5 heteroatoms. The lowest BCUT2D eigenvalue weighted by Gasteiger charge is -2.34. The zero-order valence-corrected chi connectivity index (χ0v) is 13.2. The van der Waals surface area contributed by atoms with Crippen LogP contribution in [0.15, 0.2) is 17.5 Å². The van der Waals surface area contributed by atoms with E-state index in [0.29, 0.717) is 6.04 Å². The molecule has 0 unspecified atom stereocenters. The molecule has 0 aliphatic carbocycles. The van der Waals surface area contributed by atoms with Crippen LogP contribution in [-0.4, -0.2) is 35.6 Å². The highest BCUT2D eigenvalue weighted by molar-refractivity contribution is 7.16. The van der Waals surface area contributed by atoms with Gasteiger partial charge in [0.1, 0.15) is 11.1 Å². The molecule has 0 N–H and O–H groups in total. The summed E-state index contributed by atoms with van der Waals surface area (Å²) in [6.07, 6.45) is 2.78. The second-order valence-corrected chi connectivity index (χ2v) is 7.77. The van der Waals surface area contributed by atoms with E-state index in [2.05, 4.69) is 29.3 Å². The number of nitrogens with zero attached hydrogens (tertiary/aromatic N) is 2. The molecule has 2 aromatic rings. The number of hydrogen-bond donors (Lipinski definition) is 0. The molecule has 0 spiro atoms. The van der Waals surface area contributed by atoms with Crippen molar-refractivity contribution in [2.45, 2.75) is 31.9 Å². The van der Waals surface area contributed by atoms with Gasteiger partial charge in [-0.1, -0.05) is 0 Å². The molecule has 3 nitrogen and oxygen atoms in total. The summed E-state index contributed by atoms with van der Waals surface area (Å²) >= 11 is 3.55. The Hall–Kier alpha value is -0.750. The van der Waals surface area contributed by atoms with E-state index in [9.17, 15) is 0 Å². The Morgan fingerprint density at radius 2 is 2.35 bits per heavy atom. The van der Waals surface area contributed by atoms with E-state index in [1.54, 1.807) is 11.3 Å². The zero-order chi connectivity index (χ0) is 13.5. The third-order valence-corrected chi connectivity index (χ3v) is 6.14. The number of rotatable bonds is 2. The quantitative estimate of drug-likeness (QED) is 0.845. The topological polar surface area (TPSA) is 25.4 Å². The second-order valence-electron chi connectivity index (χ2n) is 5.59. The van der Waals surface area contributed by atoms with Crippen molar-refractivity contribution in [1.29, 1.82) is 0 Å². The lowest BCUT2D eigenvalue weighted by Crippen LogP contribution is -2.42. The molecule has 106 valence electrons. The summed E-state index contributed by atoms with van der Waals surface area (Å²) in [7, 11) is 0. The minimum Gasteiger partial charge on any atom is -0.368 e. The third-order valence-electron chi connectivity index (χ3n) is 4.18. The van der Waals surface area contributed by atoms with E-state index in [1.165, 1.54) is 29.1 Å². The molecule has 4 heterocycles. The normalized spacial score (nSPS) is 26.9. The molecule has 2 aliphatic rings. The summed E-state index contributed by atoms with van der Waals surface area (Å²) in [5, 5.41) is 3.30. The first kappa shape index (κ1) is 13.0. The summed E-state index contributed by atoms with van der Waals surface area (Å²) in [4.78, 5) is 9.98. The molecule has 0 aromatic carbocycles. The van der Waals surface area contributed by atoms with Crippen molar-refractivity contribution in [3.8, 4) is 10.6 Å². The lowest BCUT2D eigenvalue weighted by molar-refractivity contribution is -0.0502. The van der Waals surface area contributed by atoms with Crippen molar-refractivity contribution in [1.82, 2.24) is 9.88 Å². The van der Waals surface area contributed by atoms with Gasteiger partial charge < -0.3 is 4.74 Å². The largest absolute Gasteiger partial charge is 0.368 e. The molecular formula is C15H18N2OS2. The Labute approximate surface area is 127 Å². The molecule has 2 saturated heterocycles. The molecule has 0 bridgehead atoms. The smallest absolute Gasteiger partial charge is 0.124 e. The van der Waals surface area contributed by atoms with Gasteiger partial charge in [-0.15, -0.1) is 22.7 Å². The summed E-state index contributed by atoms with van der Waals surface area (Å²) in [5.74, 6) is 0. The molecule has 20 heavy (non-hydrogen) atoms. The SMILES string of the molecule is Cc1ccc(-c2csc([C@@H]3CN4CCC[C@H]4CO3)n2)s1. The first-order chi connectivity index (χ1) is 9.79. The van der Waals surface area contributed by atoms with Gasteiger partial charge in [-0.25, -0.2) is 4.98 Å². The van der Waals surface area contributed by atoms with E-state index >= 15 is 0 Å². The molecular weight excluding hydrogens is 288 g/mol. The van der Waals surface area contributed by atoms with E-state index in [4.69, 9.17) is 9.72 Å².